The quantitative estimate of drug-likeness (QED) is 0.789. The van der Waals surface area contributed by atoms with Crippen LogP contribution in [0.2, 0.25) is 0 Å². The molecule has 3 heterocycles. The van der Waals surface area contributed by atoms with E-state index in [0.29, 0.717) is 0 Å². The van der Waals surface area contributed by atoms with Gasteiger partial charge in [0.1, 0.15) is 0 Å². The highest BCUT2D eigenvalue weighted by atomic mass is 16.5. The number of anilines is 1. The summed E-state index contributed by atoms with van der Waals surface area (Å²) in [5.41, 5.74) is 3.79. The Morgan fingerprint density at radius 3 is 3.20 bits per heavy atom. The second-order valence-corrected chi connectivity index (χ2v) is 6.74. The Morgan fingerprint density at radius 1 is 1.36 bits per heavy atom. The average molecular weight is 340 g/mol. The molecule has 3 aromatic rings. The van der Waals surface area contributed by atoms with Crippen LogP contribution in [0.1, 0.15) is 24.5 Å². The van der Waals surface area contributed by atoms with Gasteiger partial charge in [-0.15, -0.1) is 0 Å². The summed E-state index contributed by atoms with van der Waals surface area (Å²) in [5.74, 6) is 0.842. The molecule has 1 fully saturated rings. The molecule has 1 saturated heterocycles. The molecule has 0 amide bonds. The average Bonchev–Trinajstić information content (AvgIpc) is 3.17. The number of nitrogens with zero attached hydrogens (tertiary/aromatic N) is 5. The number of aromatic amines is 1. The van der Waals surface area contributed by atoms with E-state index < -0.39 is 0 Å². The summed E-state index contributed by atoms with van der Waals surface area (Å²) in [7, 11) is 0. The summed E-state index contributed by atoms with van der Waals surface area (Å²) in [4.78, 5) is 5.60. The van der Waals surface area contributed by atoms with Gasteiger partial charge in [0, 0.05) is 36.8 Å². The largest absolute Gasteiger partial charge is 0.377 e. The third kappa shape index (κ3) is 3.24. The molecule has 0 radical (unpaired) electrons. The van der Waals surface area contributed by atoms with Crippen LogP contribution < -0.4 is 4.90 Å². The Morgan fingerprint density at radius 2 is 2.28 bits per heavy atom. The Balaban J connectivity index is 1.53. The molecular weight excluding hydrogens is 316 g/mol. The van der Waals surface area contributed by atoms with Gasteiger partial charge in [-0.05, 0) is 54.3 Å². The maximum Gasteiger partial charge on any atom is 0.245 e. The molecule has 7 nitrogen and oxygen atoms in total. The lowest BCUT2D eigenvalue weighted by molar-refractivity contribution is 0.0819. The fourth-order valence-electron chi connectivity index (χ4n) is 3.62. The highest BCUT2D eigenvalue weighted by Crippen LogP contribution is 2.23. The Labute approximate surface area is 147 Å². The van der Waals surface area contributed by atoms with Crippen molar-refractivity contribution in [2.45, 2.75) is 39.3 Å². The minimum absolute atomic E-state index is 0.198. The standard InChI is InChI=1S/C18H24N6O/c1-13-5-3-6-16-17(13)15(11-19-16)7-9-24-18(20-21-22-24)23-8-4-10-25-14(2)12-23/h3,5-6,11,14,19H,4,7-10,12H2,1-2H3. The van der Waals surface area contributed by atoms with Gasteiger partial charge in [-0.1, -0.05) is 17.2 Å². The summed E-state index contributed by atoms with van der Waals surface area (Å²) >= 11 is 0. The molecule has 0 aliphatic carbocycles. The smallest absolute Gasteiger partial charge is 0.245 e. The lowest BCUT2D eigenvalue weighted by Crippen LogP contribution is -2.32. The number of nitrogens with one attached hydrogen (secondary N) is 1. The predicted molar refractivity (Wildman–Crippen MR) is 96.8 cm³/mol. The van der Waals surface area contributed by atoms with Crippen LogP contribution in [0.3, 0.4) is 0 Å². The molecule has 1 N–H and O–H groups in total. The number of hydrogen-bond donors (Lipinski definition) is 1. The topological polar surface area (TPSA) is 71.9 Å². The third-order valence-corrected chi connectivity index (χ3v) is 4.84. The van der Waals surface area contributed by atoms with Crippen molar-refractivity contribution in [3.05, 3.63) is 35.5 Å². The van der Waals surface area contributed by atoms with E-state index in [9.17, 15) is 0 Å². The van der Waals surface area contributed by atoms with Crippen LogP contribution in [0.5, 0.6) is 0 Å². The molecule has 4 rings (SSSR count). The van der Waals surface area contributed by atoms with Gasteiger partial charge in [0.05, 0.1) is 12.6 Å². The predicted octanol–water partition coefficient (Wildman–Crippen LogP) is 2.32. The van der Waals surface area contributed by atoms with Gasteiger partial charge in [0.2, 0.25) is 5.95 Å². The minimum Gasteiger partial charge on any atom is -0.377 e. The molecule has 0 bridgehead atoms. The summed E-state index contributed by atoms with van der Waals surface area (Å²) in [6.07, 6.45) is 4.19. The van der Waals surface area contributed by atoms with Crippen molar-refractivity contribution in [3.63, 3.8) is 0 Å². The van der Waals surface area contributed by atoms with Crippen molar-refractivity contribution in [3.8, 4) is 0 Å². The van der Waals surface area contributed by atoms with E-state index in [1.807, 2.05) is 4.68 Å². The summed E-state index contributed by atoms with van der Waals surface area (Å²) in [6.45, 7) is 7.56. The molecule has 2 aromatic heterocycles. The summed E-state index contributed by atoms with van der Waals surface area (Å²) in [6, 6.07) is 6.35. The number of H-pyrrole nitrogens is 1. The lowest BCUT2D eigenvalue weighted by atomic mass is 10.1. The number of aromatic nitrogens is 5. The van der Waals surface area contributed by atoms with Crippen LogP contribution in [0, 0.1) is 6.92 Å². The third-order valence-electron chi connectivity index (χ3n) is 4.84. The van der Waals surface area contributed by atoms with E-state index in [1.165, 1.54) is 22.0 Å². The molecule has 1 aliphatic rings. The minimum atomic E-state index is 0.198. The van der Waals surface area contributed by atoms with Crippen LogP contribution >= 0.6 is 0 Å². The van der Waals surface area contributed by atoms with E-state index in [0.717, 1.165) is 45.0 Å². The number of hydrogen-bond acceptors (Lipinski definition) is 5. The molecule has 7 heteroatoms. The molecule has 1 atom stereocenters. The van der Waals surface area contributed by atoms with Gasteiger partial charge in [-0.2, -0.15) is 0 Å². The van der Waals surface area contributed by atoms with Gasteiger partial charge < -0.3 is 14.6 Å². The number of aryl methyl sites for hydroxylation is 3. The number of fused-ring (bicyclic) bond motifs is 1. The molecule has 132 valence electrons. The SMILES string of the molecule is Cc1cccc2[nH]cc(CCn3nnnc3N3CCCOC(C)C3)c12. The molecule has 25 heavy (non-hydrogen) atoms. The molecule has 1 aliphatic heterocycles. The van der Waals surface area contributed by atoms with Crippen molar-refractivity contribution in [1.29, 1.82) is 0 Å². The van der Waals surface area contributed by atoms with E-state index in [-0.39, 0.29) is 6.10 Å². The van der Waals surface area contributed by atoms with Crippen LogP contribution in [0.25, 0.3) is 10.9 Å². The van der Waals surface area contributed by atoms with E-state index in [1.54, 1.807) is 0 Å². The molecule has 0 saturated carbocycles. The van der Waals surface area contributed by atoms with Crippen LogP contribution in [0.4, 0.5) is 5.95 Å². The Hall–Kier alpha value is -2.41. The highest BCUT2D eigenvalue weighted by Gasteiger charge is 2.20. The number of ether oxygens (including phenoxy) is 1. The first kappa shape index (κ1) is 16.1. The fourth-order valence-corrected chi connectivity index (χ4v) is 3.62. The first-order valence-electron chi connectivity index (χ1n) is 8.90. The Kier molecular flexibility index (Phi) is 4.40. The second kappa shape index (κ2) is 6.84. The van der Waals surface area contributed by atoms with Crippen LogP contribution in [-0.2, 0) is 17.7 Å². The van der Waals surface area contributed by atoms with Gasteiger partial charge >= 0.3 is 0 Å². The van der Waals surface area contributed by atoms with Crippen molar-refractivity contribution in [2.75, 3.05) is 24.6 Å². The molecular formula is C18H24N6O. The summed E-state index contributed by atoms with van der Waals surface area (Å²) < 4.78 is 7.64. The zero-order valence-electron chi connectivity index (χ0n) is 14.8. The number of benzene rings is 1. The highest BCUT2D eigenvalue weighted by molar-refractivity contribution is 5.86. The first-order valence-corrected chi connectivity index (χ1v) is 8.90. The van der Waals surface area contributed by atoms with E-state index in [2.05, 4.69) is 63.7 Å². The molecule has 1 unspecified atom stereocenters. The Bertz CT molecular complexity index is 854. The van der Waals surface area contributed by atoms with Crippen molar-refractivity contribution >= 4 is 16.9 Å². The van der Waals surface area contributed by atoms with Gasteiger partial charge in [-0.25, -0.2) is 4.68 Å². The van der Waals surface area contributed by atoms with Gasteiger partial charge in [0.15, 0.2) is 0 Å². The molecule has 0 spiro atoms. The van der Waals surface area contributed by atoms with E-state index in [4.69, 9.17) is 4.74 Å². The maximum absolute atomic E-state index is 5.73. The normalized spacial score (nSPS) is 18.6. The van der Waals surface area contributed by atoms with Crippen molar-refractivity contribution in [2.24, 2.45) is 0 Å². The first-order chi connectivity index (χ1) is 12.2. The van der Waals surface area contributed by atoms with Crippen molar-refractivity contribution < 1.29 is 4.74 Å². The van der Waals surface area contributed by atoms with Crippen molar-refractivity contribution in [1.82, 2.24) is 25.2 Å². The molecule has 1 aromatic carbocycles. The van der Waals surface area contributed by atoms with Crippen LogP contribution in [0.15, 0.2) is 24.4 Å². The zero-order chi connectivity index (χ0) is 17.2. The van der Waals surface area contributed by atoms with E-state index >= 15 is 0 Å². The monoisotopic (exact) mass is 340 g/mol. The number of tetrazole rings is 1. The maximum atomic E-state index is 5.73. The lowest BCUT2D eigenvalue weighted by Gasteiger charge is -2.22. The number of rotatable bonds is 4. The fraction of sp³-hybridized carbons (Fsp3) is 0.500. The zero-order valence-corrected chi connectivity index (χ0v) is 14.8. The van der Waals surface area contributed by atoms with Gasteiger partial charge in [0.25, 0.3) is 0 Å². The summed E-state index contributed by atoms with van der Waals surface area (Å²) in [5, 5.41) is 13.7. The second-order valence-electron chi connectivity index (χ2n) is 6.74. The van der Waals surface area contributed by atoms with Gasteiger partial charge in [-0.3, -0.25) is 0 Å². The van der Waals surface area contributed by atoms with Crippen LogP contribution in [-0.4, -0.2) is 51.0 Å².